The molecule has 0 amide bonds. The van der Waals surface area contributed by atoms with E-state index < -0.39 is 5.97 Å². The van der Waals surface area contributed by atoms with Crippen LogP contribution in [0.4, 0.5) is 5.82 Å². The molecule has 1 fully saturated rings. The van der Waals surface area contributed by atoms with E-state index in [1.165, 1.54) is 7.11 Å². The lowest BCUT2D eigenvalue weighted by atomic mass is 10.1. The van der Waals surface area contributed by atoms with Gasteiger partial charge in [-0.05, 0) is 12.8 Å². The molecule has 6 nitrogen and oxygen atoms in total. The molecule has 1 aliphatic heterocycles. The van der Waals surface area contributed by atoms with Crippen LogP contribution in [0.1, 0.15) is 29.4 Å². The Kier molecular flexibility index (Phi) is 3.09. The van der Waals surface area contributed by atoms with Crippen molar-refractivity contribution >= 4 is 11.8 Å². The third-order valence-corrected chi connectivity index (χ3v) is 2.79. The highest BCUT2D eigenvalue weighted by Gasteiger charge is 2.22. The zero-order chi connectivity index (χ0) is 11.5. The van der Waals surface area contributed by atoms with E-state index in [0.29, 0.717) is 5.82 Å². The van der Waals surface area contributed by atoms with Crippen LogP contribution in [0.3, 0.4) is 0 Å². The number of imidazole rings is 1. The number of esters is 1. The number of carbonyl (C=O) groups excluding carboxylic acids is 1. The molecule has 88 valence electrons. The molecule has 0 radical (unpaired) electrons. The summed E-state index contributed by atoms with van der Waals surface area (Å²) >= 11 is 0. The van der Waals surface area contributed by atoms with Crippen LogP contribution in [0.15, 0.2) is 6.33 Å². The predicted molar refractivity (Wildman–Crippen MR) is 57.1 cm³/mol. The average Bonchev–Trinajstić information content (AvgIpc) is 2.71. The molecule has 1 aliphatic rings. The minimum atomic E-state index is -0.497. The summed E-state index contributed by atoms with van der Waals surface area (Å²) in [4.78, 5) is 15.3. The van der Waals surface area contributed by atoms with E-state index in [-0.39, 0.29) is 11.7 Å². The minimum absolute atomic E-state index is 0.189. The van der Waals surface area contributed by atoms with Gasteiger partial charge in [0.2, 0.25) is 0 Å². The summed E-state index contributed by atoms with van der Waals surface area (Å²) in [6, 6.07) is 0.264. The summed E-state index contributed by atoms with van der Waals surface area (Å²) in [5.74, 6) is -0.123. The standard InChI is InChI=1S/C10H15N3O3/c1-15-10(14)8-9(11)13(6-12-8)7-2-4-16-5-3-7/h6-7H,2-5,11H2,1H3. The second kappa shape index (κ2) is 4.52. The van der Waals surface area contributed by atoms with Crippen LogP contribution in [-0.2, 0) is 9.47 Å². The Morgan fingerprint density at radius 2 is 2.31 bits per heavy atom. The molecule has 1 aromatic heterocycles. The van der Waals surface area contributed by atoms with Gasteiger partial charge in [-0.15, -0.1) is 0 Å². The number of nitrogens with zero attached hydrogens (tertiary/aromatic N) is 2. The molecule has 16 heavy (non-hydrogen) atoms. The monoisotopic (exact) mass is 225 g/mol. The maximum atomic E-state index is 11.3. The number of nitrogens with two attached hydrogens (primary N) is 1. The zero-order valence-corrected chi connectivity index (χ0v) is 9.18. The number of hydrogen-bond donors (Lipinski definition) is 1. The fourth-order valence-electron chi connectivity index (χ4n) is 1.88. The number of nitrogen functional groups attached to an aromatic ring is 1. The highest BCUT2D eigenvalue weighted by Crippen LogP contribution is 2.25. The summed E-state index contributed by atoms with van der Waals surface area (Å²) < 4.78 is 11.7. The largest absolute Gasteiger partial charge is 0.464 e. The first-order valence-corrected chi connectivity index (χ1v) is 5.22. The molecular formula is C10H15N3O3. The highest BCUT2D eigenvalue weighted by molar-refractivity contribution is 5.92. The second-order valence-electron chi connectivity index (χ2n) is 3.72. The number of aromatic nitrogens is 2. The third kappa shape index (κ3) is 1.88. The molecule has 1 aromatic rings. The Bertz CT molecular complexity index is 383. The normalized spacial score (nSPS) is 17.3. The first-order chi connectivity index (χ1) is 7.74. The summed E-state index contributed by atoms with van der Waals surface area (Å²) in [5.41, 5.74) is 6.06. The van der Waals surface area contributed by atoms with E-state index in [0.717, 1.165) is 26.1 Å². The van der Waals surface area contributed by atoms with Crippen molar-refractivity contribution in [1.29, 1.82) is 0 Å². The van der Waals surface area contributed by atoms with Gasteiger partial charge in [0.1, 0.15) is 5.82 Å². The van der Waals surface area contributed by atoms with Crippen molar-refractivity contribution in [2.45, 2.75) is 18.9 Å². The smallest absolute Gasteiger partial charge is 0.360 e. The minimum Gasteiger partial charge on any atom is -0.464 e. The Morgan fingerprint density at radius 1 is 1.62 bits per heavy atom. The maximum Gasteiger partial charge on any atom is 0.360 e. The number of rotatable bonds is 2. The van der Waals surface area contributed by atoms with Gasteiger partial charge in [-0.1, -0.05) is 0 Å². The van der Waals surface area contributed by atoms with Crippen molar-refractivity contribution in [3.63, 3.8) is 0 Å². The van der Waals surface area contributed by atoms with Gasteiger partial charge >= 0.3 is 5.97 Å². The number of ether oxygens (including phenoxy) is 2. The topological polar surface area (TPSA) is 79.4 Å². The summed E-state index contributed by atoms with van der Waals surface area (Å²) in [5, 5.41) is 0. The van der Waals surface area contributed by atoms with Gasteiger partial charge in [-0.25, -0.2) is 9.78 Å². The number of anilines is 1. The number of hydrogen-bond acceptors (Lipinski definition) is 5. The lowest BCUT2D eigenvalue weighted by Crippen LogP contribution is -2.20. The first-order valence-electron chi connectivity index (χ1n) is 5.22. The molecule has 2 heterocycles. The van der Waals surface area contributed by atoms with E-state index in [9.17, 15) is 4.79 Å². The Labute approximate surface area is 93.3 Å². The first kappa shape index (κ1) is 10.9. The van der Waals surface area contributed by atoms with Crippen molar-refractivity contribution < 1.29 is 14.3 Å². The van der Waals surface area contributed by atoms with Crippen molar-refractivity contribution in [3.8, 4) is 0 Å². The van der Waals surface area contributed by atoms with Crippen LogP contribution >= 0.6 is 0 Å². The van der Waals surface area contributed by atoms with Gasteiger partial charge in [-0.3, -0.25) is 0 Å². The fourth-order valence-corrected chi connectivity index (χ4v) is 1.88. The van der Waals surface area contributed by atoms with Crippen LogP contribution in [0.5, 0.6) is 0 Å². The highest BCUT2D eigenvalue weighted by atomic mass is 16.5. The van der Waals surface area contributed by atoms with Crippen LogP contribution in [0.2, 0.25) is 0 Å². The van der Waals surface area contributed by atoms with E-state index in [4.69, 9.17) is 10.5 Å². The molecule has 2 rings (SSSR count). The van der Waals surface area contributed by atoms with E-state index >= 15 is 0 Å². The van der Waals surface area contributed by atoms with Gasteiger partial charge in [0, 0.05) is 19.3 Å². The molecule has 0 saturated carbocycles. The van der Waals surface area contributed by atoms with Crippen LogP contribution < -0.4 is 5.73 Å². The molecule has 0 unspecified atom stereocenters. The van der Waals surface area contributed by atoms with Crippen LogP contribution in [0, 0.1) is 0 Å². The molecule has 2 N–H and O–H groups in total. The number of methoxy groups -OCH3 is 1. The van der Waals surface area contributed by atoms with Gasteiger partial charge in [0.25, 0.3) is 0 Å². The number of carbonyl (C=O) groups is 1. The fraction of sp³-hybridized carbons (Fsp3) is 0.600. The van der Waals surface area contributed by atoms with Gasteiger partial charge in [-0.2, -0.15) is 0 Å². The molecule has 0 aromatic carbocycles. The molecule has 1 saturated heterocycles. The van der Waals surface area contributed by atoms with Gasteiger partial charge in [0.15, 0.2) is 5.69 Å². The van der Waals surface area contributed by atoms with E-state index in [1.54, 1.807) is 6.33 Å². The second-order valence-corrected chi connectivity index (χ2v) is 3.72. The molecule has 6 heteroatoms. The van der Waals surface area contributed by atoms with Crippen LogP contribution in [0.25, 0.3) is 0 Å². The van der Waals surface area contributed by atoms with Gasteiger partial charge < -0.3 is 19.8 Å². The molecule has 0 spiro atoms. The molecular weight excluding hydrogens is 210 g/mol. The van der Waals surface area contributed by atoms with E-state index in [1.807, 2.05) is 4.57 Å². The van der Waals surface area contributed by atoms with Crippen molar-refractivity contribution in [3.05, 3.63) is 12.0 Å². The quantitative estimate of drug-likeness (QED) is 0.746. The molecule has 0 aliphatic carbocycles. The lowest BCUT2D eigenvalue weighted by Gasteiger charge is -2.24. The van der Waals surface area contributed by atoms with E-state index in [2.05, 4.69) is 9.72 Å². The van der Waals surface area contributed by atoms with Crippen LogP contribution in [-0.4, -0.2) is 35.8 Å². The average molecular weight is 225 g/mol. The molecule has 0 atom stereocenters. The van der Waals surface area contributed by atoms with Crippen molar-refractivity contribution in [2.75, 3.05) is 26.1 Å². The van der Waals surface area contributed by atoms with Crippen molar-refractivity contribution in [1.82, 2.24) is 9.55 Å². The van der Waals surface area contributed by atoms with Gasteiger partial charge in [0.05, 0.1) is 13.4 Å². The predicted octanol–water partition coefficient (Wildman–Crippen LogP) is 0.603. The maximum absolute atomic E-state index is 11.3. The summed E-state index contributed by atoms with van der Waals surface area (Å²) in [7, 11) is 1.31. The molecule has 0 bridgehead atoms. The SMILES string of the molecule is COC(=O)c1ncn(C2CCOCC2)c1N. The van der Waals surface area contributed by atoms with Crippen molar-refractivity contribution in [2.24, 2.45) is 0 Å². The zero-order valence-electron chi connectivity index (χ0n) is 9.18. The summed E-state index contributed by atoms with van der Waals surface area (Å²) in [6.07, 6.45) is 3.37. The Hall–Kier alpha value is -1.56. The third-order valence-electron chi connectivity index (χ3n) is 2.79. The summed E-state index contributed by atoms with van der Waals surface area (Å²) in [6.45, 7) is 1.44. The Balaban J connectivity index is 2.21. The Morgan fingerprint density at radius 3 is 2.94 bits per heavy atom. The lowest BCUT2D eigenvalue weighted by molar-refractivity contribution is 0.0595.